The van der Waals surface area contributed by atoms with Crippen molar-refractivity contribution in [1.29, 1.82) is 0 Å². The maximum absolute atomic E-state index is 5.49. The highest BCUT2D eigenvalue weighted by atomic mass is 16.7. The molecular formula is C9H15B3O3. The third-order valence-corrected chi connectivity index (χ3v) is 1.85. The lowest BCUT2D eigenvalue weighted by Gasteiger charge is -2.26. The molecule has 0 atom stereocenters. The summed E-state index contributed by atoms with van der Waals surface area (Å²) in [6.45, 7) is 5.78. The Balaban J connectivity index is 2.63. The van der Waals surface area contributed by atoms with Crippen molar-refractivity contribution in [3.05, 3.63) is 36.2 Å². The second kappa shape index (κ2) is 6.72. The van der Waals surface area contributed by atoms with E-state index in [1.807, 2.05) is 56.9 Å². The van der Waals surface area contributed by atoms with Crippen LogP contribution in [0.2, 0.25) is 0 Å². The van der Waals surface area contributed by atoms with Gasteiger partial charge in [-0.25, -0.2) is 0 Å². The van der Waals surface area contributed by atoms with E-state index in [9.17, 15) is 0 Å². The molecule has 0 N–H and O–H groups in total. The van der Waals surface area contributed by atoms with Gasteiger partial charge in [-0.2, -0.15) is 0 Å². The van der Waals surface area contributed by atoms with Crippen LogP contribution >= 0.6 is 0 Å². The van der Waals surface area contributed by atoms with Gasteiger partial charge in [0.2, 0.25) is 0 Å². The summed E-state index contributed by atoms with van der Waals surface area (Å²) < 4.78 is 16.5. The Morgan fingerprint density at radius 1 is 0.600 bits per heavy atom. The molecule has 0 amide bonds. The van der Waals surface area contributed by atoms with Crippen molar-refractivity contribution in [2.24, 2.45) is 0 Å². The molecular weight excluding hydrogens is 189 g/mol. The highest BCUT2D eigenvalue weighted by Gasteiger charge is 2.36. The van der Waals surface area contributed by atoms with Crippen LogP contribution in [0.4, 0.5) is 0 Å². The van der Waals surface area contributed by atoms with Gasteiger partial charge in [-0.15, -0.1) is 0 Å². The summed E-state index contributed by atoms with van der Waals surface area (Å²) >= 11 is 0. The first-order valence-corrected chi connectivity index (χ1v) is 5.15. The predicted molar refractivity (Wildman–Crippen MR) is 65.0 cm³/mol. The molecule has 1 aliphatic rings. The summed E-state index contributed by atoms with van der Waals surface area (Å²) in [4.78, 5) is 0. The van der Waals surface area contributed by atoms with Crippen molar-refractivity contribution >= 4 is 21.4 Å². The van der Waals surface area contributed by atoms with Crippen LogP contribution in [0, 0.1) is 0 Å². The molecule has 3 nitrogen and oxygen atoms in total. The fourth-order valence-electron chi connectivity index (χ4n) is 1.24. The number of rotatable bonds is 3. The molecule has 0 radical (unpaired) electrons. The molecule has 0 unspecified atom stereocenters. The minimum absolute atomic E-state index is 0.342. The normalized spacial score (nSPS) is 19.0. The molecule has 0 spiro atoms. The van der Waals surface area contributed by atoms with E-state index < -0.39 is 0 Å². The first-order chi connectivity index (χ1) is 7.30. The molecule has 0 aromatic carbocycles. The van der Waals surface area contributed by atoms with Crippen LogP contribution in [0.3, 0.4) is 0 Å². The molecule has 0 aromatic heterocycles. The van der Waals surface area contributed by atoms with Gasteiger partial charge >= 0.3 is 21.4 Å². The fourth-order valence-corrected chi connectivity index (χ4v) is 1.24. The van der Waals surface area contributed by atoms with E-state index in [2.05, 4.69) is 0 Å². The van der Waals surface area contributed by atoms with Crippen LogP contribution in [-0.4, -0.2) is 21.4 Å². The number of hydrogen-bond donors (Lipinski definition) is 0. The standard InChI is InChI=1S/C9H15B3O3/c1-4-7-10-13-11(8-5-2)15-12(14-10)9-6-3/h4-9H,1-3H3/b7-4+,8-5+,9-6+. The summed E-state index contributed by atoms with van der Waals surface area (Å²) in [7, 11) is -1.02. The Bertz CT molecular complexity index is 217. The Morgan fingerprint density at radius 3 is 1.07 bits per heavy atom. The molecule has 1 saturated heterocycles. The monoisotopic (exact) mass is 204 g/mol. The molecule has 15 heavy (non-hydrogen) atoms. The van der Waals surface area contributed by atoms with Gasteiger partial charge in [0.05, 0.1) is 0 Å². The lowest BCUT2D eigenvalue weighted by molar-refractivity contribution is 0.306. The van der Waals surface area contributed by atoms with Crippen LogP contribution in [0.25, 0.3) is 0 Å². The zero-order chi connectivity index (χ0) is 11.1. The Kier molecular flexibility index (Phi) is 5.54. The van der Waals surface area contributed by atoms with Gasteiger partial charge in [0.1, 0.15) is 0 Å². The van der Waals surface area contributed by atoms with E-state index in [0.29, 0.717) is 0 Å². The summed E-state index contributed by atoms with van der Waals surface area (Å²) in [5.41, 5.74) is 0. The summed E-state index contributed by atoms with van der Waals surface area (Å²) in [5.74, 6) is 5.57. The number of allylic oxidation sites excluding steroid dienone is 3. The lowest BCUT2D eigenvalue weighted by Crippen LogP contribution is -2.46. The third kappa shape index (κ3) is 4.12. The number of hydrogen-bond acceptors (Lipinski definition) is 3. The van der Waals surface area contributed by atoms with Crippen molar-refractivity contribution in [3.8, 4) is 0 Å². The van der Waals surface area contributed by atoms with E-state index in [4.69, 9.17) is 13.7 Å². The van der Waals surface area contributed by atoms with Crippen molar-refractivity contribution in [3.63, 3.8) is 0 Å². The van der Waals surface area contributed by atoms with E-state index >= 15 is 0 Å². The first-order valence-electron chi connectivity index (χ1n) is 5.15. The van der Waals surface area contributed by atoms with Gasteiger partial charge in [-0.3, -0.25) is 0 Å². The van der Waals surface area contributed by atoms with Crippen molar-refractivity contribution in [2.75, 3.05) is 0 Å². The second-order valence-corrected chi connectivity index (χ2v) is 3.09. The lowest BCUT2D eigenvalue weighted by atomic mass is 9.69. The largest absolute Gasteiger partial charge is 0.458 e. The summed E-state index contributed by atoms with van der Waals surface area (Å²) in [6, 6.07) is 0. The predicted octanol–water partition coefficient (Wildman–Crippen LogP) is 1.86. The van der Waals surface area contributed by atoms with Crippen LogP contribution in [-0.2, 0) is 13.7 Å². The Morgan fingerprint density at radius 2 is 0.867 bits per heavy atom. The topological polar surface area (TPSA) is 27.7 Å². The maximum Gasteiger partial charge on any atom is 0.458 e. The zero-order valence-corrected chi connectivity index (χ0v) is 9.42. The summed E-state index contributed by atoms with van der Waals surface area (Å²) in [6.07, 6.45) is 5.69. The highest BCUT2D eigenvalue weighted by molar-refractivity contribution is 6.78. The second-order valence-electron chi connectivity index (χ2n) is 3.09. The molecule has 0 bridgehead atoms. The first kappa shape index (κ1) is 12.4. The Hall–Kier alpha value is -0.705. The van der Waals surface area contributed by atoms with E-state index in [0.717, 1.165) is 0 Å². The smallest absolute Gasteiger partial charge is 0.445 e. The molecule has 0 aliphatic carbocycles. The van der Waals surface area contributed by atoms with Gasteiger partial charge in [0, 0.05) is 0 Å². The van der Waals surface area contributed by atoms with Gasteiger partial charge in [0.15, 0.2) is 0 Å². The van der Waals surface area contributed by atoms with E-state index in [1.165, 1.54) is 0 Å². The van der Waals surface area contributed by atoms with Crippen molar-refractivity contribution < 1.29 is 13.7 Å². The zero-order valence-electron chi connectivity index (χ0n) is 9.42. The fraction of sp³-hybridized carbons (Fsp3) is 0.333. The minimum Gasteiger partial charge on any atom is -0.445 e. The van der Waals surface area contributed by atoms with Crippen molar-refractivity contribution in [2.45, 2.75) is 20.8 Å². The van der Waals surface area contributed by atoms with Gasteiger partial charge in [-0.05, 0) is 20.8 Å². The molecule has 0 saturated carbocycles. The average molecular weight is 204 g/mol. The summed E-state index contributed by atoms with van der Waals surface area (Å²) in [5, 5.41) is 0. The minimum atomic E-state index is -0.342. The SMILES string of the molecule is C/C=C/B1OB(/C=C/C)OB(/C=C/C)O1. The Labute approximate surface area is 92.6 Å². The van der Waals surface area contributed by atoms with Crippen LogP contribution in [0.1, 0.15) is 20.8 Å². The van der Waals surface area contributed by atoms with Crippen LogP contribution < -0.4 is 0 Å². The molecule has 6 heteroatoms. The van der Waals surface area contributed by atoms with Gasteiger partial charge in [0.25, 0.3) is 0 Å². The van der Waals surface area contributed by atoms with Gasteiger partial charge in [-0.1, -0.05) is 36.2 Å². The molecule has 1 rings (SSSR count). The third-order valence-electron chi connectivity index (χ3n) is 1.85. The van der Waals surface area contributed by atoms with E-state index in [1.54, 1.807) is 0 Å². The molecule has 0 aromatic rings. The molecule has 78 valence electrons. The quantitative estimate of drug-likeness (QED) is 0.656. The van der Waals surface area contributed by atoms with Gasteiger partial charge < -0.3 is 13.7 Å². The molecule has 1 fully saturated rings. The van der Waals surface area contributed by atoms with Crippen molar-refractivity contribution in [1.82, 2.24) is 0 Å². The average Bonchev–Trinajstić information content (AvgIpc) is 2.19. The molecule has 1 heterocycles. The van der Waals surface area contributed by atoms with E-state index in [-0.39, 0.29) is 21.4 Å². The molecule has 1 aliphatic heterocycles. The van der Waals surface area contributed by atoms with Crippen LogP contribution in [0.5, 0.6) is 0 Å². The van der Waals surface area contributed by atoms with Crippen LogP contribution in [0.15, 0.2) is 36.2 Å². The maximum atomic E-state index is 5.49. The highest BCUT2D eigenvalue weighted by Crippen LogP contribution is 2.10.